The summed E-state index contributed by atoms with van der Waals surface area (Å²) in [6.45, 7) is 5.38. The van der Waals surface area contributed by atoms with E-state index in [1.807, 2.05) is 29.4 Å². The number of rotatable bonds is 7. The highest BCUT2D eigenvalue weighted by Gasteiger charge is 2.15. The highest BCUT2D eigenvalue weighted by molar-refractivity contribution is 5.84. The second-order valence-electron chi connectivity index (χ2n) is 5.18. The number of anilines is 1. The van der Waals surface area contributed by atoms with E-state index in [9.17, 15) is 0 Å². The Labute approximate surface area is 133 Å². The first-order chi connectivity index (χ1) is 11.2. The van der Waals surface area contributed by atoms with Crippen molar-refractivity contribution in [3.8, 4) is 11.5 Å². The molecule has 0 spiro atoms. The molecule has 0 aromatic carbocycles. The first kappa shape index (κ1) is 15.3. The fourth-order valence-electron chi connectivity index (χ4n) is 2.16. The van der Waals surface area contributed by atoms with Gasteiger partial charge in [-0.1, -0.05) is 18.6 Å². The molecule has 0 fully saturated rings. The van der Waals surface area contributed by atoms with Gasteiger partial charge in [0.05, 0.1) is 19.1 Å². The molecule has 0 aliphatic heterocycles. The summed E-state index contributed by atoms with van der Waals surface area (Å²) in [5.41, 5.74) is 4.81. The number of aryl methyl sites for hydroxylation is 2. The molecule has 122 valence electrons. The highest BCUT2D eigenvalue weighted by atomic mass is 16.6. The van der Waals surface area contributed by atoms with Crippen molar-refractivity contribution in [3.05, 3.63) is 12.5 Å². The largest absolute Gasteiger partial charge is 0.318 e. The van der Waals surface area contributed by atoms with E-state index >= 15 is 0 Å². The summed E-state index contributed by atoms with van der Waals surface area (Å²) in [6, 6.07) is 0. The SMILES string of the molecule is CCCCn1cc(-c2nc(NOCC)c3ncn(C)c3n2)nn1. The molecular formula is C14H20N8O. The van der Waals surface area contributed by atoms with Crippen molar-refractivity contribution in [3.63, 3.8) is 0 Å². The van der Waals surface area contributed by atoms with Crippen molar-refractivity contribution in [1.82, 2.24) is 34.5 Å². The molecule has 0 saturated carbocycles. The summed E-state index contributed by atoms with van der Waals surface area (Å²) in [6.07, 6.45) is 5.71. The molecule has 3 heterocycles. The normalized spacial score (nSPS) is 11.3. The van der Waals surface area contributed by atoms with Crippen LogP contribution in [-0.2, 0) is 18.4 Å². The van der Waals surface area contributed by atoms with Gasteiger partial charge in [0.2, 0.25) is 0 Å². The van der Waals surface area contributed by atoms with Gasteiger partial charge in [0, 0.05) is 13.6 Å². The van der Waals surface area contributed by atoms with E-state index in [-0.39, 0.29) is 0 Å². The Morgan fingerprint density at radius 3 is 2.91 bits per heavy atom. The number of nitrogens with zero attached hydrogens (tertiary/aromatic N) is 7. The van der Waals surface area contributed by atoms with E-state index in [1.165, 1.54) is 0 Å². The van der Waals surface area contributed by atoms with Gasteiger partial charge in [0.25, 0.3) is 0 Å². The van der Waals surface area contributed by atoms with Crippen molar-refractivity contribution < 1.29 is 4.84 Å². The Morgan fingerprint density at radius 1 is 1.26 bits per heavy atom. The quantitative estimate of drug-likeness (QED) is 0.664. The Bertz CT molecular complexity index is 793. The van der Waals surface area contributed by atoms with E-state index in [2.05, 4.69) is 37.7 Å². The number of unbranched alkanes of at least 4 members (excludes halogenated alkanes) is 1. The molecule has 1 N–H and O–H groups in total. The fraction of sp³-hybridized carbons (Fsp3) is 0.500. The first-order valence-corrected chi connectivity index (χ1v) is 7.70. The number of fused-ring (bicyclic) bond motifs is 1. The molecule has 9 nitrogen and oxygen atoms in total. The summed E-state index contributed by atoms with van der Waals surface area (Å²) in [4.78, 5) is 18.6. The number of hydrogen-bond donors (Lipinski definition) is 1. The monoisotopic (exact) mass is 316 g/mol. The Morgan fingerprint density at radius 2 is 2.13 bits per heavy atom. The van der Waals surface area contributed by atoms with Crippen LogP contribution >= 0.6 is 0 Å². The van der Waals surface area contributed by atoms with Crippen LogP contribution in [-0.4, -0.2) is 41.1 Å². The van der Waals surface area contributed by atoms with Crippen LogP contribution in [0.3, 0.4) is 0 Å². The molecule has 3 aromatic heterocycles. The maximum atomic E-state index is 5.26. The summed E-state index contributed by atoms with van der Waals surface area (Å²) in [5, 5.41) is 8.30. The Hall–Kier alpha value is -2.55. The lowest BCUT2D eigenvalue weighted by atomic mass is 10.3. The van der Waals surface area contributed by atoms with Crippen LogP contribution in [0.5, 0.6) is 0 Å². The average molecular weight is 316 g/mol. The van der Waals surface area contributed by atoms with Crippen LogP contribution in [0.4, 0.5) is 5.82 Å². The van der Waals surface area contributed by atoms with E-state index in [4.69, 9.17) is 4.84 Å². The van der Waals surface area contributed by atoms with Gasteiger partial charge in [-0.25, -0.2) is 20.4 Å². The minimum absolute atomic E-state index is 0.492. The topological polar surface area (TPSA) is 95.6 Å². The fourth-order valence-corrected chi connectivity index (χ4v) is 2.16. The molecule has 0 aliphatic carbocycles. The van der Waals surface area contributed by atoms with Crippen LogP contribution < -0.4 is 5.48 Å². The third-order valence-corrected chi connectivity index (χ3v) is 3.38. The van der Waals surface area contributed by atoms with Gasteiger partial charge in [0.1, 0.15) is 5.69 Å². The minimum Gasteiger partial charge on any atom is -0.318 e. The van der Waals surface area contributed by atoms with Gasteiger partial charge in [-0.3, -0.25) is 9.52 Å². The average Bonchev–Trinajstić information content (AvgIpc) is 3.18. The second-order valence-corrected chi connectivity index (χ2v) is 5.18. The number of imidazole rings is 1. The van der Waals surface area contributed by atoms with Crippen LogP contribution in [0.1, 0.15) is 26.7 Å². The summed E-state index contributed by atoms with van der Waals surface area (Å²) < 4.78 is 3.64. The molecule has 0 unspecified atom stereocenters. The lowest BCUT2D eigenvalue weighted by molar-refractivity contribution is 0.209. The van der Waals surface area contributed by atoms with Crippen LogP contribution in [0.15, 0.2) is 12.5 Å². The molecule has 0 atom stereocenters. The Kier molecular flexibility index (Phi) is 4.47. The van der Waals surface area contributed by atoms with Crippen molar-refractivity contribution >= 4 is 17.0 Å². The third-order valence-electron chi connectivity index (χ3n) is 3.38. The predicted molar refractivity (Wildman–Crippen MR) is 85.5 cm³/mol. The van der Waals surface area contributed by atoms with Crippen molar-refractivity contribution in [2.45, 2.75) is 33.2 Å². The van der Waals surface area contributed by atoms with Crippen LogP contribution in [0.25, 0.3) is 22.7 Å². The first-order valence-electron chi connectivity index (χ1n) is 7.70. The van der Waals surface area contributed by atoms with Gasteiger partial charge < -0.3 is 4.57 Å². The number of hydrogen-bond acceptors (Lipinski definition) is 7. The minimum atomic E-state index is 0.492. The lowest BCUT2D eigenvalue weighted by Crippen LogP contribution is -2.05. The van der Waals surface area contributed by atoms with Gasteiger partial charge >= 0.3 is 0 Å². The van der Waals surface area contributed by atoms with E-state index in [0.29, 0.717) is 35.1 Å². The zero-order chi connectivity index (χ0) is 16.2. The van der Waals surface area contributed by atoms with E-state index < -0.39 is 0 Å². The summed E-state index contributed by atoms with van der Waals surface area (Å²) >= 11 is 0. The zero-order valence-electron chi connectivity index (χ0n) is 13.5. The molecule has 0 bridgehead atoms. The lowest BCUT2D eigenvalue weighted by Gasteiger charge is -2.06. The molecule has 23 heavy (non-hydrogen) atoms. The third kappa shape index (κ3) is 3.14. The molecule has 3 rings (SSSR count). The maximum Gasteiger partial charge on any atom is 0.186 e. The smallest absolute Gasteiger partial charge is 0.186 e. The summed E-state index contributed by atoms with van der Waals surface area (Å²) in [5.74, 6) is 1.02. The summed E-state index contributed by atoms with van der Waals surface area (Å²) in [7, 11) is 1.88. The van der Waals surface area contributed by atoms with Gasteiger partial charge in [-0.05, 0) is 13.3 Å². The zero-order valence-corrected chi connectivity index (χ0v) is 13.5. The Balaban J connectivity index is 1.99. The molecule has 9 heteroatoms. The molecule has 0 radical (unpaired) electrons. The number of nitrogens with one attached hydrogen (secondary N) is 1. The predicted octanol–water partition coefficient (Wildman–Crippen LogP) is 1.79. The molecule has 0 amide bonds. The molecule has 0 saturated heterocycles. The van der Waals surface area contributed by atoms with Crippen LogP contribution in [0.2, 0.25) is 0 Å². The second kappa shape index (κ2) is 6.69. The maximum absolute atomic E-state index is 5.26. The van der Waals surface area contributed by atoms with E-state index in [0.717, 1.165) is 19.4 Å². The van der Waals surface area contributed by atoms with Crippen molar-refractivity contribution in [2.75, 3.05) is 12.1 Å². The van der Waals surface area contributed by atoms with Crippen molar-refractivity contribution in [2.24, 2.45) is 7.05 Å². The number of aromatic nitrogens is 7. The molecule has 3 aromatic rings. The van der Waals surface area contributed by atoms with Gasteiger partial charge in [-0.15, -0.1) is 5.10 Å². The molecular weight excluding hydrogens is 296 g/mol. The van der Waals surface area contributed by atoms with Crippen molar-refractivity contribution in [1.29, 1.82) is 0 Å². The highest BCUT2D eigenvalue weighted by Crippen LogP contribution is 2.22. The molecule has 0 aliphatic rings. The van der Waals surface area contributed by atoms with E-state index in [1.54, 1.807) is 6.33 Å². The standard InChI is InChI=1S/C14H20N8O/c1-4-6-7-22-8-10(18-20-22)12-16-13(19-23-5-2)11-14(17-12)21(3)9-15-11/h8-9H,4-7H2,1-3H3,(H,16,17,19). The van der Waals surface area contributed by atoms with Gasteiger partial charge in [-0.2, -0.15) is 0 Å². The van der Waals surface area contributed by atoms with Gasteiger partial charge in [0.15, 0.2) is 22.8 Å². The van der Waals surface area contributed by atoms with Crippen LogP contribution in [0, 0.1) is 0 Å².